The Morgan fingerprint density at radius 1 is 1.36 bits per heavy atom. The molecule has 0 saturated heterocycles. The maximum atomic E-state index is 5.92. The Morgan fingerprint density at radius 3 is 2.71 bits per heavy atom. The average Bonchev–Trinajstić information content (AvgIpc) is 2.50. The largest absolute Gasteiger partial charge is 0.333 e. The first-order valence-electron chi connectivity index (χ1n) is 3.92. The number of benzene rings is 1. The lowest BCUT2D eigenvalue weighted by Gasteiger charge is -1.97. The van der Waals surface area contributed by atoms with Gasteiger partial charge in [-0.1, -0.05) is 16.8 Å². The van der Waals surface area contributed by atoms with E-state index in [-0.39, 0.29) is 0 Å². The third kappa shape index (κ3) is 2.06. The van der Waals surface area contributed by atoms with E-state index in [2.05, 4.69) is 10.1 Å². The van der Waals surface area contributed by atoms with E-state index >= 15 is 0 Å². The van der Waals surface area contributed by atoms with Crippen molar-refractivity contribution >= 4 is 34.2 Å². The van der Waals surface area contributed by atoms with Crippen LogP contribution < -0.4 is 0 Å². The van der Waals surface area contributed by atoms with Crippen LogP contribution >= 0.6 is 34.2 Å². The zero-order valence-electron chi connectivity index (χ0n) is 7.29. The van der Waals surface area contributed by atoms with E-state index in [9.17, 15) is 0 Å². The van der Waals surface area contributed by atoms with Gasteiger partial charge in [-0.05, 0) is 30.7 Å². The van der Waals surface area contributed by atoms with Crippen molar-refractivity contribution in [3.63, 3.8) is 0 Å². The number of hydrogen-bond donors (Lipinski definition) is 0. The van der Waals surface area contributed by atoms with Crippen LogP contribution in [0.4, 0.5) is 0 Å². The lowest BCUT2D eigenvalue weighted by atomic mass is 10.1. The monoisotopic (exact) mass is 320 g/mol. The van der Waals surface area contributed by atoms with Crippen molar-refractivity contribution in [2.45, 2.75) is 6.92 Å². The van der Waals surface area contributed by atoms with Gasteiger partial charge in [-0.15, -0.1) is 0 Å². The topological polar surface area (TPSA) is 38.9 Å². The highest BCUT2D eigenvalue weighted by molar-refractivity contribution is 14.1. The molecule has 0 atom stereocenters. The van der Waals surface area contributed by atoms with E-state index in [1.54, 1.807) is 6.07 Å². The van der Waals surface area contributed by atoms with Crippen LogP contribution in [0.2, 0.25) is 5.02 Å². The first kappa shape index (κ1) is 9.92. The number of rotatable bonds is 1. The van der Waals surface area contributed by atoms with Crippen LogP contribution in [-0.4, -0.2) is 10.1 Å². The van der Waals surface area contributed by atoms with Crippen molar-refractivity contribution in [2.75, 3.05) is 0 Å². The lowest BCUT2D eigenvalue weighted by Crippen LogP contribution is -1.80. The molecule has 0 saturated carbocycles. The summed E-state index contributed by atoms with van der Waals surface area (Å²) in [6.07, 6.45) is 0. The van der Waals surface area contributed by atoms with Gasteiger partial charge < -0.3 is 4.52 Å². The Labute approximate surface area is 99.6 Å². The van der Waals surface area contributed by atoms with Crippen LogP contribution in [0, 0.1) is 10.8 Å². The molecule has 1 aromatic carbocycles. The fourth-order valence-electron chi connectivity index (χ4n) is 1.18. The van der Waals surface area contributed by atoms with Gasteiger partial charge in [-0.2, -0.15) is 4.98 Å². The minimum Gasteiger partial charge on any atom is -0.333 e. The molecule has 0 bridgehead atoms. The second-order valence-electron chi connectivity index (χ2n) is 2.89. The summed E-state index contributed by atoms with van der Waals surface area (Å²) >= 11 is 7.91. The quantitative estimate of drug-likeness (QED) is 0.757. The number of aromatic nitrogens is 2. The molecule has 1 aromatic heterocycles. The molecule has 2 aromatic rings. The number of aryl methyl sites for hydroxylation is 1. The van der Waals surface area contributed by atoms with Crippen LogP contribution in [0.15, 0.2) is 22.7 Å². The van der Waals surface area contributed by atoms with Gasteiger partial charge in [0.05, 0.1) is 0 Å². The van der Waals surface area contributed by atoms with Gasteiger partial charge in [0.15, 0.2) is 0 Å². The van der Waals surface area contributed by atoms with Crippen molar-refractivity contribution < 1.29 is 4.52 Å². The van der Waals surface area contributed by atoms with Gasteiger partial charge in [0.25, 0.3) is 5.89 Å². The predicted octanol–water partition coefficient (Wildman–Crippen LogP) is 3.30. The lowest BCUT2D eigenvalue weighted by molar-refractivity contribution is 0.426. The van der Waals surface area contributed by atoms with Gasteiger partial charge in [-0.3, -0.25) is 0 Å². The highest BCUT2D eigenvalue weighted by atomic mass is 127. The summed E-state index contributed by atoms with van der Waals surface area (Å²) in [6.45, 7) is 1.97. The van der Waals surface area contributed by atoms with E-state index in [4.69, 9.17) is 16.1 Å². The summed E-state index contributed by atoms with van der Waals surface area (Å²) in [4.78, 5) is 4.11. The molecule has 0 aliphatic carbocycles. The van der Waals surface area contributed by atoms with E-state index in [0.717, 1.165) is 11.1 Å². The second-order valence-corrected chi connectivity index (χ2v) is 4.29. The molecule has 0 unspecified atom stereocenters. The smallest absolute Gasteiger partial charge is 0.258 e. The maximum Gasteiger partial charge on any atom is 0.258 e. The first-order valence-corrected chi connectivity index (χ1v) is 5.37. The highest BCUT2D eigenvalue weighted by Crippen LogP contribution is 2.23. The minimum atomic E-state index is 0.500. The summed E-state index contributed by atoms with van der Waals surface area (Å²) < 4.78 is 5.63. The van der Waals surface area contributed by atoms with Gasteiger partial charge >= 0.3 is 0 Å². The van der Waals surface area contributed by atoms with Crippen LogP contribution in [0.3, 0.4) is 0 Å². The molecule has 0 spiro atoms. The molecule has 5 heteroatoms. The van der Waals surface area contributed by atoms with Crippen molar-refractivity contribution in [2.24, 2.45) is 0 Å². The number of halogens is 2. The number of nitrogens with zero attached hydrogens (tertiary/aromatic N) is 2. The molecule has 0 aliphatic rings. The normalized spacial score (nSPS) is 10.5. The Kier molecular flexibility index (Phi) is 2.73. The van der Waals surface area contributed by atoms with Crippen LogP contribution in [-0.2, 0) is 0 Å². The Hall–Kier alpha value is -0.620. The summed E-state index contributed by atoms with van der Waals surface area (Å²) in [6, 6.07) is 5.64. The molecular formula is C9H6ClIN2O. The molecule has 0 aliphatic heterocycles. The fraction of sp³-hybridized carbons (Fsp3) is 0.111. The highest BCUT2D eigenvalue weighted by Gasteiger charge is 2.07. The summed E-state index contributed by atoms with van der Waals surface area (Å²) in [5.74, 6) is 0.500. The van der Waals surface area contributed by atoms with Gasteiger partial charge in [-0.25, -0.2) is 0 Å². The molecular weight excluding hydrogens is 314 g/mol. The van der Waals surface area contributed by atoms with Crippen molar-refractivity contribution in [3.05, 3.63) is 32.6 Å². The van der Waals surface area contributed by atoms with Crippen LogP contribution in [0.25, 0.3) is 11.5 Å². The van der Waals surface area contributed by atoms with E-state index in [0.29, 0.717) is 14.7 Å². The molecule has 72 valence electrons. The summed E-state index contributed by atoms with van der Waals surface area (Å²) in [7, 11) is 0. The Bertz CT molecular complexity index is 449. The fourth-order valence-corrected chi connectivity index (χ4v) is 1.79. The zero-order valence-corrected chi connectivity index (χ0v) is 10.2. The predicted molar refractivity (Wildman–Crippen MR) is 62.2 cm³/mol. The van der Waals surface area contributed by atoms with Gasteiger partial charge in [0, 0.05) is 33.2 Å². The van der Waals surface area contributed by atoms with Crippen LogP contribution in [0.1, 0.15) is 5.56 Å². The molecule has 3 nitrogen and oxygen atoms in total. The van der Waals surface area contributed by atoms with Crippen molar-refractivity contribution in [1.29, 1.82) is 0 Å². The molecule has 1 heterocycles. The first-order chi connectivity index (χ1) is 6.65. The van der Waals surface area contributed by atoms with Gasteiger partial charge in [0.1, 0.15) is 0 Å². The van der Waals surface area contributed by atoms with Crippen molar-refractivity contribution in [1.82, 2.24) is 10.1 Å². The molecule has 0 fully saturated rings. The standard InChI is InChI=1S/C9H6ClIN2O/c1-5-2-6(4-7(10)3-5)8-12-9(11)13-14-8/h2-4H,1H3. The van der Waals surface area contributed by atoms with Gasteiger partial charge in [0.2, 0.25) is 3.83 Å². The summed E-state index contributed by atoms with van der Waals surface area (Å²) in [5.41, 5.74) is 1.92. The third-order valence-corrected chi connectivity index (χ3v) is 2.35. The molecule has 0 amide bonds. The van der Waals surface area contributed by atoms with E-state index < -0.39 is 0 Å². The number of hydrogen-bond acceptors (Lipinski definition) is 3. The van der Waals surface area contributed by atoms with Crippen LogP contribution in [0.5, 0.6) is 0 Å². The van der Waals surface area contributed by atoms with E-state index in [1.807, 2.05) is 41.6 Å². The Morgan fingerprint density at radius 2 is 2.14 bits per heavy atom. The zero-order chi connectivity index (χ0) is 10.1. The Balaban J connectivity index is 2.51. The second kappa shape index (κ2) is 3.86. The minimum absolute atomic E-state index is 0.500. The SMILES string of the molecule is Cc1cc(Cl)cc(-c2nc(I)no2)c1. The molecule has 14 heavy (non-hydrogen) atoms. The summed E-state index contributed by atoms with van der Waals surface area (Å²) in [5, 5.41) is 4.38. The molecule has 0 N–H and O–H groups in total. The van der Waals surface area contributed by atoms with Crippen molar-refractivity contribution in [3.8, 4) is 11.5 Å². The molecule has 0 radical (unpaired) electrons. The molecule has 2 rings (SSSR count). The van der Waals surface area contributed by atoms with E-state index in [1.165, 1.54) is 0 Å². The average molecular weight is 321 g/mol. The maximum absolute atomic E-state index is 5.92. The third-order valence-electron chi connectivity index (χ3n) is 1.69.